The number of nitrogens with one attached hydrogen (secondary N) is 1. The molecule has 1 saturated heterocycles. The SMILES string of the molecule is CCn1ccnc1CN1CCCCC1CCNC. The molecule has 18 heavy (non-hydrogen) atoms. The average molecular weight is 250 g/mol. The Balaban J connectivity index is 1.96. The number of aryl methyl sites for hydroxylation is 1. The minimum absolute atomic E-state index is 0.730. The van der Waals surface area contributed by atoms with Crippen LogP contribution in [0, 0.1) is 0 Å². The van der Waals surface area contributed by atoms with Crippen molar-refractivity contribution in [3.05, 3.63) is 18.2 Å². The van der Waals surface area contributed by atoms with Crippen molar-refractivity contribution in [1.82, 2.24) is 19.8 Å². The molecule has 0 amide bonds. The molecule has 0 aromatic carbocycles. The Bertz CT molecular complexity index is 347. The summed E-state index contributed by atoms with van der Waals surface area (Å²) < 4.78 is 2.25. The van der Waals surface area contributed by atoms with E-state index in [0.29, 0.717) is 0 Å². The molecule has 1 aliphatic rings. The van der Waals surface area contributed by atoms with E-state index in [1.165, 1.54) is 38.1 Å². The van der Waals surface area contributed by atoms with Crippen molar-refractivity contribution in [2.45, 2.75) is 51.7 Å². The van der Waals surface area contributed by atoms with Gasteiger partial charge in [-0.15, -0.1) is 0 Å². The highest BCUT2D eigenvalue weighted by Gasteiger charge is 2.22. The normalized spacial score (nSPS) is 21.3. The van der Waals surface area contributed by atoms with E-state index in [9.17, 15) is 0 Å². The van der Waals surface area contributed by atoms with E-state index in [1.54, 1.807) is 0 Å². The van der Waals surface area contributed by atoms with Crippen molar-refractivity contribution in [3.8, 4) is 0 Å². The number of likely N-dealkylation sites (tertiary alicyclic amines) is 1. The topological polar surface area (TPSA) is 33.1 Å². The summed E-state index contributed by atoms with van der Waals surface area (Å²) in [5, 5.41) is 3.27. The Morgan fingerprint density at radius 3 is 3.11 bits per heavy atom. The first kappa shape index (κ1) is 13.6. The van der Waals surface area contributed by atoms with Gasteiger partial charge in [-0.25, -0.2) is 4.98 Å². The molecule has 2 rings (SSSR count). The van der Waals surface area contributed by atoms with Crippen LogP contribution < -0.4 is 5.32 Å². The lowest BCUT2D eigenvalue weighted by Crippen LogP contribution is -2.40. The number of nitrogens with zero attached hydrogens (tertiary/aromatic N) is 3. The van der Waals surface area contributed by atoms with Crippen molar-refractivity contribution in [2.24, 2.45) is 0 Å². The van der Waals surface area contributed by atoms with Gasteiger partial charge in [0.15, 0.2) is 0 Å². The maximum atomic E-state index is 4.50. The van der Waals surface area contributed by atoms with Crippen LogP contribution >= 0.6 is 0 Å². The predicted molar refractivity (Wildman–Crippen MR) is 74.5 cm³/mol. The number of rotatable bonds is 6. The fraction of sp³-hybridized carbons (Fsp3) is 0.786. The van der Waals surface area contributed by atoms with Gasteiger partial charge in [0.2, 0.25) is 0 Å². The Morgan fingerprint density at radius 1 is 1.44 bits per heavy atom. The third kappa shape index (κ3) is 3.33. The predicted octanol–water partition coefficient (Wildman–Crippen LogP) is 1.87. The Hall–Kier alpha value is -0.870. The Labute approximate surface area is 110 Å². The van der Waals surface area contributed by atoms with Crippen LogP contribution in [0.5, 0.6) is 0 Å². The Kier molecular flexibility index (Phi) is 5.20. The van der Waals surface area contributed by atoms with E-state index in [4.69, 9.17) is 0 Å². The summed E-state index contributed by atoms with van der Waals surface area (Å²) in [6.45, 7) is 6.55. The monoisotopic (exact) mass is 250 g/mol. The van der Waals surface area contributed by atoms with E-state index < -0.39 is 0 Å². The van der Waals surface area contributed by atoms with Gasteiger partial charge in [0.1, 0.15) is 5.82 Å². The molecule has 1 aromatic rings. The van der Waals surface area contributed by atoms with Crippen LogP contribution in [0.25, 0.3) is 0 Å². The van der Waals surface area contributed by atoms with E-state index in [-0.39, 0.29) is 0 Å². The molecule has 4 heteroatoms. The van der Waals surface area contributed by atoms with Gasteiger partial charge >= 0.3 is 0 Å². The lowest BCUT2D eigenvalue weighted by Gasteiger charge is -2.35. The van der Waals surface area contributed by atoms with E-state index in [1.807, 2.05) is 13.2 Å². The number of imidazole rings is 1. The van der Waals surface area contributed by atoms with Crippen molar-refractivity contribution < 1.29 is 0 Å². The minimum Gasteiger partial charge on any atom is -0.334 e. The lowest BCUT2D eigenvalue weighted by molar-refractivity contribution is 0.127. The standard InChI is InChI=1S/C14H26N4/c1-3-17-11-9-16-14(17)12-18-10-5-4-6-13(18)7-8-15-2/h9,11,13,15H,3-8,10,12H2,1-2H3. The van der Waals surface area contributed by atoms with Crippen molar-refractivity contribution in [1.29, 1.82) is 0 Å². The maximum absolute atomic E-state index is 4.50. The van der Waals surface area contributed by atoms with Gasteiger partial charge in [-0.3, -0.25) is 4.90 Å². The molecule has 2 heterocycles. The molecule has 1 fully saturated rings. The summed E-state index contributed by atoms with van der Waals surface area (Å²) in [6.07, 6.45) is 9.32. The van der Waals surface area contributed by atoms with Gasteiger partial charge in [0.25, 0.3) is 0 Å². The van der Waals surface area contributed by atoms with Crippen LogP contribution in [-0.2, 0) is 13.1 Å². The van der Waals surface area contributed by atoms with Crippen LogP contribution in [0.4, 0.5) is 0 Å². The largest absolute Gasteiger partial charge is 0.334 e. The van der Waals surface area contributed by atoms with Crippen LogP contribution in [0.15, 0.2) is 12.4 Å². The van der Waals surface area contributed by atoms with Crippen molar-refractivity contribution in [3.63, 3.8) is 0 Å². The molecule has 102 valence electrons. The molecule has 0 spiro atoms. The molecular weight excluding hydrogens is 224 g/mol. The highest BCUT2D eigenvalue weighted by molar-refractivity contribution is 4.93. The summed E-state index contributed by atoms with van der Waals surface area (Å²) >= 11 is 0. The second-order valence-electron chi connectivity index (χ2n) is 5.14. The lowest BCUT2D eigenvalue weighted by atomic mass is 9.99. The molecule has 4 nitrogen and oxygen atoms in total. The van der Waals surface area contributed by atoms with Gasteiger partial charge in [-0.05, 0) is 46.3 Å². The van der Waals surface area contributed by atoms with Gasteiger partial charge in [-0.1, -0.05) is 6.42 Å². The van der Waals surface area contributed by atoms with Gasteiger partial charge < -0.3 is 9.88 Å². The van der Waals surface area contributed by atoms with Gasteiger partial charge in [0, 0.05) is 25.0 Å². The fourth-order valence-electron chi connectivity index (χ4n) is 2.87. The quantitative estimate of drug-likeness (QED) is 0.836. The molecule has 0 bridgehead atoms. The third-order valence-corrected chi connectivity index (χ3v) is 3.96. The summed E-state index contributed by atoms with van der Waals surface area (Å²) in [4.78, 5) is 7.12. The highest BCUT2D eigenvalue weighted by atomic mass is 15.2. The van der Waals surface area contributed by atoms with Crippen LogP contribution in [0.1, 0.15) is 38.4 Å². The molecule has 0 aliphatic carbocycles. The van der Waals surface area contributed by atoms with Gasteiger partial charge in [-0.2, -0.15) is 0 Å². The summed E-state index contributed by atoms with van der Waals surface area (Å²) in [5.41, 5.74) is 0. The molecule has 0 saturated carbocycles. The smallest absolute Gasteiger partial charge is 0.122 e. The number of piperidine rings is 1. The van der Waals surface area contributed by atoms with Crippen molar-refractivity contribution in [2.75, 3.05) is 20.1 Å². The zero-order valence-electron chi connectivity index (χ0n) is 11.7. The third-order valence-electron chi connectivity index (χ3n) is 3.96. The van der Waals surface area contributed by atoms with Crippen LogP contribution in [-0.4, -0.2) is 40.6 Å². The number of aromatic nitrogens is 2. The van der Waals surface area contributed by atoms with Crippen LogP contribution in [0.3, 0.4) is 0 Å². The first-order valence-electron chi connectivity index (χ1n) is 7.23. The summed E-state index contributed by atoms with van der Waals surface area (Å²) in [5.74, 6) is 1.22. The first-order valence-corrected chi connectivity index (χ1v) is 7.23. The fourth-order valence-corrected chi connectivity index (χ4v) is 2.87. The molecule has 0 radical (unpaired) electrons. The number of hydrogen-bond acceptors (Lipinski definition) is 3. The van der Waals surface area contributed by atoms with Gasteiger partial charge in [0.05, 0.1) is 6.54 Å². The summed E-state index contributed by atoms with van der Waals surface area (Å²) in [7, 11) is 2.04. The zero-order valence-corrected chi connectivity index (χ0v) is 11.7. The molecule has 1 aromatic heterocycles. The molecule has 1 unspecified atom stereocenters. The molecule has 1 N–H and O–H groups in total. The highest BCUT2D eigenvalue weighted by Crippen LogP contribution is 2.21. The minimum atomic E-state index is 0.730. The second-order valence-corrected chi connectivity index (χ2v) is 5.14. The number of hydrogen-bond donors (Lipinski definition) is 1. The second kappa shape index (κ2) is 6.90. The molecule has 1 aliphatic heterocycles. The van der Waals surface area contributed by atoms with E-state index in [2.05, 4.69) is 32.9 Å². The average Bonchev–Trinajstić information content (AvgIpc) is 2.85. The molecular formula is C14H26N4. The molecule has 1 atom stereocenters. The zero-order chi connectivity index (χ0) is 12.8. The van der Waals surface area contributed by atoms with E-state index in [0.717, 1.165) is 25.7 Å². The first-order chi connectivity index (χ1) is 8.85. The maximum Gasteiger partial charge on any atom is 0.122 e. The van der Waals surface area contributed by atoms with E-state index >= 15 is 0 Å². The summed E-state index contributed by atoms with van der Waals surface area (Å²) in [6, 6.07) is 0.730. The Morgan fingerprint density at radius 2 is 2.33 bits per heavy atom. The van der Waals surface area contributed by atoms with Crippen LogP contribution in [0.2, 0.25) is 0 Å². The van der Waals surface area contributed by atoms with Crippen molar-refractivity contribution >= 4 is 0 Å².